The van der Waals surface area contributed by atoms with Crippen LogP contribution in [-0.4, -0.2) is 30.8 Å². The third-order valence-corrected chi connectivity index (χ3v) is 5.48. The Hall–Kier alpha value is -3.03. The first-order valence-corrected chi connectivity index (χ1v) is 9.80. The number of nitrogens with one attached hydrogen (secondary N) is 1. The van der Waals surface area contributed by atoms with Crippen LogP contribution < -0.4 is 15.4 Å². The molecule has 1 atom stereocenters. The van der Waals surface area contributed by atoms with Gasteiger partial charge in [0.2, 0.25) is 21.9 Å². The number of aromatic nitrogens is 2. The highest BCUT2D eigenvalue weighted by Crippen LogP contribution is 2.36. The van der Waals surface area contributed by atoms with E-state index in [1.807, 2.05) is 6.92 Å². The van der Waals surface area contributed by atoms with Crippen LogP contribution >= 0.6 is 0 Å². The van der Waals surface area contributed by atoms with Crippen molar-refractivity contribution in [1.82, 2.24) is 9.97 Å². The molecule has 1 aromatic heterocycles. The van der Waals surface area contributed by atoms with E-state index in [1.165, 1.54) is 23.2 Å². The van der Waals surface area contributed by atoms with Gasteiger partial charge in [0.25, 0.3) is 0 Å². The highest BCUT2D eigenvalue weighted by Gasteiger charge is 2.46. The predicted octanol–water partition coefficient (Wildman–Crippen LogP) is 1.52. The second kappa shape index (κ2) is 6.94. The van der Waals surface area contributed by atoms with Gasteiger partial charge in [-0.05, 0) is 37.1 Å². The third kappa shape index (κ3) is 3.60. The number of nitrogens with two attached hydrogens (primary N) is 1. The molecule has 2 aromatic rings. The van der Waals surface area contributed by atoms with Crippen LogP contribution in [0, 0.1) is 16.7 Å². The van der Waals surface area contributed by atoms with Crippen molar-refractivity contribution in [3.8, 4) is 6.07 Å². The molecule has 0 bridgehead atoms. The van der Waals surface area contributed by atoms with E-state index in [0.717, 1.165) is 0 Å². The molecule has 1 saturated heterocycles. The van der Waals surface area contributed by atoms with E-state index < -0.39 is 15.4 Å². The molecule has 0 spiro atoms. The van der Waals surface area contributed by atoms with E-state index >= 15 is 0 Å². The summed E-state index contributed by atoms with van der Waals surface area (Å²) in [5.41, 5.74) is -0.575. The summed E-state index contributed by atoms with van der Waals surface area (Å²) in [4.78, 5) is 22.5. The van der Waals surface area contributed by atoms with Crippen molar-refractivity contribution >= 4 is 33.4 Å². The van der Waals surface area contributed by atoms with Gasteiger partial charge < -0.3 is 5.32 Å². The fourth-order valence-corrected chi connectivity index (χ4v) is 3.50. The second-order valence-corrected chi connectivity index (χ2v) is 7.75. The van der Waals surface area contributed by atoms with E-state index in [2.05, 4.69) is 21.4 Å². The summed E-state index contributed by atoms with van der Waals surface area (Å²) in [6.45, 7) is 2.22. The Balaban J connectivity index is 1.86. The van der Waals surface area contributed by atoms with E-state index in [-0.39, 0.29) is 16.8 Å². The summed E-state index contributed by atoms with van der Waals surface area (Å²) in [5, 5.41) is 17.4. The fourth-order valence-electron chi connectivity index (χ4n) is 2.94. The number of sulfonamides is 1. The number of primary sulfonamides is 1. The van der Waals surface area contributed by atoms with Crippen LogP contribution in [0.15, 0.2) is 41.4 Å². The lowest BCUT2D eigenvalue weighted by Crippen LogP contribution is -2.33. The Morgan fingerprint density at radius 3 is 2.81 bits per heavy atom. The molecule has 2 heterocycles. The summed E-state index contributed by atoms with van der Waals surface area (Å²) in [6.07, 6.45) is 2.37. The molecule has 0 aliphatic carbocycles. The summed E-state index contributed by atoms with van der Waals surface area (Å²) in [7, 11) is -3.83. The van der Waals surface area contributed by atoms with Crippen molar-refractivity contribution in [1.29, 1.82) is 5.26 Å². The fraction of sp³-hybridized carbons (Fsp3) is 0.294. The quantitative estimate of drug-likeness (QED) is 0.793. The Morgan fingerprint density at radius 2 is 2.19 bits per heavy atom. The van der Waals surface area contributed by atoms with Gasteiger partial charge in [0.05, 0.1) is 11.0 Å². The zero-order valence-corrected chi connectivity index (χ0v) is 15.4. The van der Waals surface area contributed by atoms with E-state index in [4.69, 9.17) is 5.14 Å². The van der Waals surface area contributed by atoms with Crippen molar-refractivity contribution in [2.45, 2.75) is 24.7 Å². The van der Waals surface area contributed by atoms with Gasteiger partial charge in [0, 0.05) is 18.4 Å². The smallest absolute Gasteiger partial charge is 0.248 e. The van der Waals surface area contributed by atoms with Crippen molar-refractivity contribution in [2.75, 3.05) is 16.8 Å². The first kappa shape index (κ1) is 18.8. The molecular weight excluding hydrogens is 368 g/mol. The Morgan fingerprint density at radius 1 is 1.41 bits per heavy atom. The number of rotatable bonds is 5. The summed E-state index contributed by atoms with van der Waals surface area (Å²) in [6, 6.07) is 9.65. The molecule has 27 heavy (non-hydrogen) atoms. The zero-order valence-electron chi connectivity index (χ0n) is 14.6. The monoisotopic (exact) mass is 386 g/mol. The largest absolute Gasteiger partial charge is 0.324 e. The standard InChI is InChI=1S/C17H18N6O3S/c1-2-17(11-18)7-9-23(15(17)24)14-6-8-20-16(22-14)21-12-4-3-5-13(10-12)27(19,25)26/h3-6,8,10H,2,7,9H2,1H3,(H2,19,25,26)(H,20,21,22). The first-order valence-electron chi connectivity index (χ1n) is 8.25. The maximum absolute atomic E-state index is 12.7. The SMILES string of the molecule is CCC1(C#N)CCN(c2ccnc(Nc3cccc(S(N)(=O)=O)c3)n2)C1=O. The summed E-state index contributed by atoms with van der Waals surface area (Å²) in [5.74, 6) is 0.303. The van der Waals surface area contributed by atoms with Crippen LogP contribution in [-0.2, 0) is 14.8 Å². The Bertz CT molecular complexity index is 1030. The molecule has 1 aliphatic rings. The molecule has 9 nitrogen and oxygen atoms in total. The number of hydrogen-bond acceptors (Lipinski definition) is 7. The minimum absolute atomic E-state index is 0.0416. The van der Waals surface area contributed by atoms with Gasteiger partial charge in [-0.1, -0.05) is 13.0 Å². The van der Waals surface area contributed by atoms with E-state index in [0.29, 0.717) is 30.9 Å². The number of amides is 1. The van der Waals surface area contributed by atoms with E-state index in [1.54, 1.807) is 18.2 Å². The van der Waals surface area contributed by atoms with E-state index in [9.17, 15) is 18.5 Å². The molecule has 1 fully saturated rings. The number of nitrogens with zero attached hydrogens (tertiary/aromatic N) is 4. The minimum Gasteiger partial charge on any atom is -0.324 e. The van der Waals surface area contributed by atoms with Gasteiger partial charge in [-0.25, -0.2) is 18.5 Å². The molecule has 1 unspecified atom stereocenters. The van der Waals surface area contributed by atoms with Crippen LogP contribution in [0.5, 0.6) is 0 Å². The topological polar surface area (TPSA) is 142 Å². The van der Waals surface area contributed by atoms with Gasteiger partial charge in [0.15, 0.2) is 0 Å². The number of carbonyl (C=O) groups is 1. The lowest BCUT2D eigenvalue weighted by atomic mass is 9.85. The molecule has 10 heteroatoms. The van der Waals surface area contributed by atoms with Crippen molar-refractivity contribution in [3.63, 3.8) is 0 Å². The van der Waals surface area contributed by atoms with Crippen molar-refractivity contribution in [3.05, 3.63) is 36.5 Å². The average Bonchev–Trinajstić information content (AvgIpc) is 2.98. The number of hydrogen-bond donors (Lipinski definition) is 2. The normalized spacial score (nSPS) is 19.7. The summed E-state index contributed by atoms with van der Waals surface area (Å²) < 4.78 is 22.9. The molecule has 3 rings (SSSR count). The lowest BCUT2D eigenvalue weighted by Gasteiger charge is -2.19. The molecule has 0 radical (unpaired) electrons. The molecule has 140 valence electrons. The van der Waals surface area contributed by atoms with Crippen LogP contribution in [0.25, 0.3) is 0 Å². The first-order chi connectivity index (χ1) is 12.8. The minimum atomic E-state index is -3.83. The molecule has 1 aliphatic heterocycles. The van der Waals surface area contributed by atoms with Gasteiger partial charge in [-0.3, -0.25) is 9.69 Å². The van der Waals surface area contributed by atoms with Crippen LogP contribution in [0.2, 0.25) is 0 Å². The molecular formula is C17H18N6O3S. The van der Waals surface area contributed by atoms with Crippen LogP contribution in [0.1, 0.15) is 19.8 Å². The number of carbonyl (C=O) groups excluding carboxylic acids is 1. The van der Waals surface area contributed by atoms with Crippen LogP contribution in [0.4, 0.5) is 17.5 Å². The highest BCUT2D eigenvalue weighted by molar-refractivity contribution is 7.89. The Kier molecular flexibility index (Phi) is 4.82. The highest BCUT2D eigenvalue weighted by atomic mass is 32.2. The molecule has 1 amide bonds. The van der Waals surface area contributed by atoms with Crippen LogP contribution in [0.3, 0.4) is 0 Å². The Labute approximate surface area is 156 Å². The van der Waals surface area contributed by atoms with Gasteiger partial charge in [-0.15, -0.1) is 0 Å². The second-order valence-electron chi connectivity index (χ2n) is 6.19. The van der Waals surface area contributed by atoms with Crippen molar-refractivity contribution < 1.29 is 13.2 Å². The number of benzene rings is 1. The number of anilines is 3. The van der Waals surface area contributed by atoms with Gasteiger partial charge in [-0.2, -0.15) is 10.2 Å². The predicted molar refractivity (Wildman–Crippen MR) is 98.4 cm³/mol. The summed E-state index contributed by atoms with van der Waals surface area (Å²) >= 11 is 0. The number of nitriles is 1. The zero-order chi connectivity index (χ0) is 19.7. The average molecular weight is 386 g/mol. The van der Waals surface area contributed by atoms with Gasteiger partial charge >= 0.3 is 0 Å². The molecule has 1 aromatic carbocycles. The maximum Gasteiger partial charge on any atom is 0.248 e. The molecule has 0 saturated carbocycles. The lowest BCUT2D eigenvalue weighted by molar-refractivity contribution is -0.123. The van der Waals surface area contributed by atoms with Crippen molar-refractivity contribution in [2.24, 2.45) is 10.6 Å². The third-order valence-electron chi connectivity index (χ3n) is 4.57. The van der Waals surface area contributed by atoms with Gasteiger partial charge in [0.1, 0.15) is 11.2 Å². The maximum atomic E-state index is 12.7. The molecule has 3 N–H and O–H groups in total.